The van der Waals surface area contributed by atoms with Crippen LogP contribution in [0.1, 0.15) is 66.3 Å². The van der Waals surface area contributed by atoms with Crippen LogP contribution in [0.15, 0.2) is 22.9 Å². The van der Waals surface area contributed by atoms with Crippen LogP contribution in [0.5, 0.6) is 5.75 Å². The molecule has 5 aromatic rings. The molecule has 180 valence electrons. The van der Waals surface area contributed by atoms with E-state index in [1.54, 1.807) is 7.11 Å². The van der Waals surface area contributed by atoms with Crippen LogP contribution in [0, 0.1) is 20.8 Å². The summed E-state index contributed by atoms with van der Waals surface area (Å²) in [6.07, 6.45) is 6.66. The summed E-state index contributed by atoms with van der Waals surface area (Å²) in [5.41, 5.74) is 8.10. The third-order valence-corrected chi connectivity index (χ3v) is 7.30. The first kappa shape index (κ1) is 21.8. The van der Waals surface area contributed by atoms with E-state index >= 15 is 0 Å². The monoisotopic (exact) mass is 470 g/mol. The summed E-state index contributed by atoms with van der Waals surface area (Å²) >= 11 is 0. The van der Waals surface area contributed by atoms with Crippen molar-refractivity contribution in [2.24, 2.45) is 0 Å². The third-order valence-electron chi connectivity index (χ3n) is 7.30. The number of ether oxygens (including phenoxy) is 1. The molecule has 8 heteroatoms. The predicted octanol–water partition coefficient (Wildman–Crippen LogP) is 5.77. The number of aromatic nitrogens is 6. The van der Waals surface area contributed by atoms with Gasteiger partial charge in [0, 0.05) is 46.9 Å². The quantitative estimate of drug-likeness (QED) is 0.338. The van der Waals surface area contributed by atoms with Gasteiger partial charge >= 0.3 is 0 Å². The van der Waals surface area contributed by atoms with Gasteiger partial charge in [-0.25, -0.2) is 9.97 Å². The molecule has 1 aliphatic carbocycles. The number of aromatic amines is 1. The number of benzene rings is 1. The summed E-state index contributed by atoms with van der Waals surface area (Å²) < 4.78 is 13.3. The van der Waals surface area contributed by atoms with Crippen molar-refractivity contribution in [3.05, 3.63) is 52.6 Å². The van der Waals surface area contributed by atoms with E-state index in [1.807, 2.05) is 20.8 Å². The molecule has 6 rings (SSSR count). The van der Waals surface area contributed by atoms with Crippen molar-refractivity contribution in [3.8, 4) is 16.9 Å². The first-order valence-corrected chi connectivity index (χ1v) is 12.3. The minimum absolute atomic E-state index is 0.567. The lowest BCUT2D eigenvalue weighted by Crippen LogP contribution is -2.12. The van der Waals surface area contributed by atoms with E-state index in [4.69, 9.17) is 24.3 Å². The van der Waals surface area contributed by atoms with E-state index in [9.17, 15) is 0 Å². The molecule has 0 amide bonds. The second-order valence-electron chi connectivity index (χ2n) is 9.56. The lowest BCUT2D eigenvalue weighted by Gasteiger charge is -2.24. The lowest BCUT2D eigenvalue weighted by molar-refractivity contribution is 0.393. The zero-order valence-corrected chi connectivity index (χ0v) is 20.9. The SMILES string of the molecule is CCn1cc(Cc2nc(C)nc3[nH]c4cc(-c5c(C)noc5C)c(OC)cc4c23)c(C2CCC2)n1. The summed E-state index contributed by atoms with van der Waals surface area (Å²) in [5, 5.41) is 11.1. The molecular formula is C27H30N6O2. The van der Waals surface area contributed by atoms with Crippen molar-refractivity contribution in [2.45, 2.75) is 65.8 Å². The van der Waals surface area contributed by atoms with Crippen LogP contribution in [0.4, 0.5) is 0 Å². The summed E-state index contributed by atoms with van der Waals surface area (Å²) in [5.74, 6) is 2.86. The summed E-state index contributed by atoms with van der Waals surface area (Å²) in [7, 11) is 1.70. The van der Waals surface area contributed by atoms with Gasteiger partial charge in [0.2, 0.25) is 0 Å². The molecule has 8 nitrogen and oxygen atoms in total. The summed E-state index contributed by atoms with van der Waals surface area (Å²) in [6, 6.07) is 4.19. The Hall–Kier alpha value is -3.68. The van der Waals surface area contributed by atoms with Crippen LogP contribution >= 0.6 is 0 Å². The molecule has 1 N–H and O–H groups in total. The Morgan fingerprint density at radius 3 is 2.66 bits per heavy atom. The highest BCUT2D eigenvalue weighted by molar-refractivity contribution is 6.09. The van der Waals surface area contributed by atoms with E-state index < -0.39 is 0 Å². The molecular weight excluding hydrogens is 440 g/mol. The number of nitrogens with zero attached hydrogens (tertiary/aromatic N) is 5. The van der Waals surface area contributed by atoms with E-state index in [-0.39, 0.29) is 0 Å². The molecule has 0 aliphatic heterocycles. The number of rotatable bonds is 6. The third kappa shape index (κ3) is 3.50. The van der Waals surface area contributed by atoms with Crippen LogP contribution < -0.4 is 4.74 Å². The molecule has 0 radical (unpaired) electrons. The molecule has 0 spiro atoms. The Labute approximate surface area is 203 Å². The molecule has 0 bridgehead atoms. The second kappa shape index (κ2) is 8.22. The zero-order valence-electron chi connectivity index (χ0n) is 20.9. The topological polar surface area (TPSA) is 94.7 Å². The van der Waals surface area contributed by atoms with Crippen molar-refractivity contribution in [1.29, 1.82) is 0 Å². The van der Waals surface area contributed by atoms with Gasteiger partial charge in [-0.15, -0.1) is 0 Å². The van der Waals surface area contributed by atoms with Gasteiger partial charge in [0.25, 0.3) is 0 Å². The van der Waals surface area contributed by atoms with E-state index in [0.29, 0.717) is 5.92 Å². The molecule has 0 unspecified atom stereocenters. The molecule has 0 atom stereocenters. The fraction of sp³-hybridized carbons (Fsp3) is 0.407. The smallest absolute Gasteiger partial charge is 0.142 e. The average Bonchev–Trinajstić information content (AvgIpc) is 3.46. The lowest BCUT2D eigenvalue weighted by atomic mass is 9.81. The molecule has 4 heterocycles. The number of aryl methyl sites for hydroxylation is 4. The Bertz CT molecular complexity index is 1550. The Morgan fingerprint density at radius 2 is 2.00 bits per heavy atom. The van der Waals surface area contributed by atoms with Gasteiger partial charge in [-0.1, -0.05) is 11.6 Å². The standard InChI is InChI=1S/C27H30N6O2/c1-6-33-13-18(26(31-33)17-8-7-9-17)10-22-25-19-12-23(34-5)20(24-14(2)32-35-15(24)3)11-21(19)30-27(25)29-16(4)28-22/h11-13,17H,6-10H2,1-5H3,(H,28,29,30). The van der Waals surface area contributed by atoms with Crippen molar-refractivity contribution >= 4 is 21.9 Å². The second-order valence-corrected chi connectivity index (χ2v) is 9.56. The molecule has 0 saturated heterocycles. The van der Waals surface area contributed by atoms with Crippen LogP contribution in [-0.4, -0.2) is 37.0 Å². The zero-order chi connectivity index (χ0) is 24.3. The number of fused-ring (bicyclic) bond motifs is 3. The van der Waals surface area contributed by atoms with Crippen LogP contribution in [-0.2, 0) is 13.0 Å². The van der Waals surface area contributed by atoms with Gasteiger partial charge < -0.3 is 14.2 Å². The number of hydrogen-bond donors (Lipinski definition) is 1. The van der Waals surface area contributed by atoms with Gasteiger partial charge in [0.1, 0.15) is 23.0 Å². The van der Waals surface area contributed by atoms with E-state index in [2.05, 4.69) is 40.1 Å². The van der Waals surface area contributed by atoms with Gasteiger partial charge in [0.05, 0.1) is 29.8 Å². The van der Waals surface area contributed by atoms with Crippen molar-refractivity contribution in [2.75, 3.05) is 7.11 Å². The predicted molar refractivity (Wildman–Crippen MR) is 135 cm³/mol. The Morgan fingerprint density at radius 1 is 1.17 bits per heavy atom. The molecule has 1 saturated carbocycles. The minimum atomic E-state index is 0.567. The van der Waals surface area contributed by atoms with E-state index in [1.165, 1.54) is 30.5 Å². The highest BCUT2D eigenvalue weighted by atomic mass is 16.5. The van der Waals surface area contributed by atoms with E-state index in [0.717, 1.165) is 74.8 Å². The average molecular weight is 471 g/mol. The fourth-order valence-electron chi connectivity index (χ4n) is 5.36. The number of H-pyrrole nitrogens is 1. The minimum Gasteiger partial charge on any atom is -0.496 e. The number of hydrogen-bond acceptors (Lipinski definition) is 6. The highest BCUT2D eigenvalue weighted by Crippen LogP contribution is 2.41. The van der Waals surface area contributed by atoms with Gasteiger partial charge in [-0.3, -0.25) is 4.68 Å². The number of nitrogens with one attached hydrogen (secondary N) is 1. The molecule has 1 fully saturated rings. The van der Waals surface area contributed by atoms with Crippen LogP contribution in [0.25, 0.3) is 33.1 Å². The molecule has 35 heavy (non-hydrogen) atoms. The molecule has 1 aromatic carbocycles. The number of methoxy groups -OCH3 is 1. The maximum Gasteiger partial charge on any atom is 0.142 e. The van der Waals surface area contributed by atoms with Crippen molar-refractivity contribution in [3.63, 3.8) is 0 Å². The molecule has 1 aliphatic rings. The van der Waals surface area contributed by atoms with Crippen LogP contribution in [0.3, 0.4) is 0 Å². The Balaban J connectivity index is 1.54. The van der Waals surface area contributed by atoms with Gasteiger partial charge in [-0.05, 0) is 58.2 Å². The highest BCUT2D eigenvalue weighted by Gasteiger charge is 2.27. The fourth-order valence-corrected chi connectivity index (χ4v) is 5.36. The maximum atomic E-state index is 5.84. The van der Waals surface area contributed by atoms with Gasteiger partial charge in [0.15, 0.2) is 0 Å². The summed E-state index contributed by atoms with van der Waals surface area (Å²) in [6.45, 7) is 8.83. The Kier molecular flexibility index (Phi) is 5.12. The largest absolute Gasteiger partial charge is 0.496 e. The first-order valence-electron chi connectivity index (χ1n) is 12.3. The maximum absolute atomic E-state index is 5.84. The summed E-state index contributed by atoms with van der Waals surface area (Å²) in [4.78, 5) is 13.2. The molecule has 4 aromatic heterocycles. The normalized spacial score (nSPS) is 14.2. The first-order chi connectivity index (χ1) is 17.0. The van der Waals surface area contributed by atoms with Gasteiger partial charge in [-0.2, -0.15) is 5.10 Å². The van der Waals surface area contributed by atoms with Crippen LogP contribution in [0.2, 0.25) is 0 Å². The van der Waals surface area contributed by atoms with Crippen molar-refractivity contribution < 1.29 is 9.26 Å². The van der Waals surface area contributed by atoms with Crippen molar-refractivity contribution in [1.82, 2.24) is 29.9 Å².